The van der Waals surface area contributed by atoms with Crippen molar-refractivity contribution in [2.24, 2.45) is 5.92 Å². The first-order valence-electron chi connectivity index (χ1n) is 14.5. The third kappa shape index (κ3) is 6.14. The topological polar surface area (TPSA) is 59.2 Å². The number of hydrogen-bond donors (Lipinski definition) is 0. The molecule has 1 saturated carbocycles. The minimum atomic E-state index is 0.0402. The fraction of sp³-hybridized carbons (Fsp3) is 0.250. The smallest absolute Gasteiger partial charge is 0.253 e. The number of carbonyl (C=O) groups excluding carboxylic acids is 1. The van der Waals surface area contributed by atoms with E-state index < -0.39 is 0 Å². The molecular weight excluding hydrogens is 506 g/mol. The molecule has 1 aliphatic carbocycles. The summed E-state index contributed by atoms with van der Waals surface area (Å²) in [4.78, 5) is 24.5. The average molecular weight is 542 g/mol. The SMILES string of the molecule is CN(CCc1ccccn1)C(=O)c1cccc(C[C@@H]2CCC[C@H]2c2nc(-c3ccccc3)c(-c3ccccc3)o2)c1. The molecule has 41 heavy (non-hydrogen) atoms. The van der Waals surface area contributed by atoms with Crippen LogP contribution in [0.5, 0.6) is 0 Å². The van der Waals surface area contributed by atoms with Crippen LogP contribution in [0, 0.1) is 5.92 Å². The van der Waals surface area contributed by atoms with Crippen molar-refractivity contribution in [2.75, 3.05) is 13.6 Å². The third-order valence-electron chi connectivity index (χ3n) is 8.15. The normalized spacial score (nSPS) is 16.5. The quantitative estimate of drug-likeness (QED) is 0.191. The van der Waals surface area contributed by atoms with Crippen molar-refractivity contribution >= 4 is 5.91 Å². The molecule has 2 aromatic heterocycles. The first-order valence-corrected chi connectivity index (χ1v) is 14.5. The fourth-order valence-electron chi connectivity index (χ4n) is 5.96. The van der Waals surface area contributed by atoms with Crippen LogP contribution in [-0.4, -0.2) is 34.4 Å². The summed E-state index contributed by atoms with van der Waals surface area (Å²) in [6, 6.07) is 34.6. The highest BCUT2D eigenvalue weighted by Crippen LogP contribution is 2.44. The van der Waals surface area contributed by atoms with Crippen LogP contribution in [0.1, 0.15) is 52.7 Å². The molecule has 0 aliphatic heterocycles. The van der Waals surface area contributed by atoms with Crippen molar-refractivity contribution in [3.8, 4) is 22.6 Å². The Hall–Kier alpha value is -4.51. The van der Waals surface area contributed by atoms with E-state index in [-0.39, 0.29) is 11.8 Å². The van der Waals surface area contributed by atoms with E-state index in [2.05, 4.69) is 41.4 Å². The molecule has 1 amide bonds. The Bertz CT molecular complexity index is 1520. The van der Waals surface area contributed by atoms with E-state index >= 15 is 0 Å². The highest BCUT2D eigenvalue weighted by Gasteiger charge is 2.34. The van der Waals surface area contributed by atoms with Crippen LogP contribution < -0.4 is 0 Å². The summed E-state index contributed by atoms with van der Waals surface area (Å²) in [7, 11) is 1.86. The van der Waals surface area contributed by atoms with E-state index in [1.165, 1.54) is 5.56 Å². The molecule has 0 radical (unpaired) electrons. The van der Waals surface area contributed by atoms with Gasteiger partial charge in [-0.3, -0.25) is 9.78 Å². The zero-order valence-electron chi connectivity index (χ0n) is 23.4. The summed E-state index contributed by atoms with van der Waals surface area (Å²) in [5.74, 6) is 2.35. The van der Waals surface area contributed by atoms with Crippen LogP contribution in [0.25, 0.3) is 22.6 Å². The van der Waals surface area contributed by atoms with Crippen molar-refractivity contribution in [2.45, 2.75) is 38.0 Å². The lowest BCUT2D eigenvalue weighted by Gasteiger charge is -2.19. The third-order valence-corrected chi connectivity index (χ3v) is 8.15. The summed E-state index contributed by atoms with van der Waals surface area (Å²) in [6.45, 7) is 0.627. The number of rotatable bonds is 9. The number of oxazole rings is 1. The summed E-state index contributed by atoms with van der Waals surface area (Å²) in [6.07, 6.45) is 6.75. The Morgan fingerprint density at radius 1 is 0.878 bits per heavy atom. The maximum atomic E-state index is 13.2. The summed E-state index contributed by atoms with van der Waals surface area (Å²) >= 11 is 0. The molecule has 5 aromatic rings. The number of hydrogen-bond acceptors (Lipinski definition) is 4. The van der Waals surface area contributed by atoms with Crippen LogP contribution in [0.15, 0.2) is 114 Å². The highest BCUT2D eigenvalue weighted by molar-refractivity contribution is 5.94. The molecule has 6 rings (SSSR count). The molecule has 3 aromatic carbocycles. The molecule has 1 fully saturated rings. The summed E-state index contributed by atoms with van der Waals surface area (Å²) in [5, 5.41) is 0. The molecule has 1 aliphatic rings. The van der Waals surface area contributed by atoms with Gasteiger partial charge >= 0.3 is 0 Å². The van der Waals surface area contributed by atoms with Crippen LogP contribution in [-0.2, 0) is 12.8 Å². The summed E-state index contributed by atoms with van der Waals surface area (Å²) < 4.78 is 6.59. The van der Waals surface area contributed by atoms with E-state index in [1.807, 2.05) is 73.8 Å². The van der Waals surface area contributed by atoms with Gasteiger partial charge in [-0.25, -0.2) is 4.98 Å². The van der Waals surface area contributed by atoms with Crippen molar-refractivity contribution in [3.63, 3.8) is 0 Å². The number of pyridine rings is 1. The number of nitrogens with zero attached hydrogens (tertiary/aromatic N) is 3. The van der Waals surface area contributed by atoms with Crippen molar-refractivity contribution in [1.29, 1.82) is 0 Å². The first kappa shape index (κ1) is 26.7. The number of amides is 1. The second kappa shape index (κ2) is 12.3. The molecule has 0 bridgehead atoms. The van der Waals surface area contributed by atoms with Gasteiger partial charge in [0.2, 0.25) is 0 Å². The zero-order valence-corrected chi connectivity index (χ0v) is 23.4. The van der Waals surface area contributed by atoms with E-state index in [0.717, 1.165) is 71.8 Å². The molecular formula is C36H35N3O2. The van der Waals surface area contributed by atoms with Crippen LogP contribution >= 0.6 is 0 Å². The van der Waals surface area contributed by atoms with E-state index in [9.17, 15) is 4.79 Å². The van der Waals surface area contributed by atoms with E-state index in [4.69, 9.17) is 9.40 Å². The predicted octanol–water partition coefficient (Wildman–Crippen LogP) is 7.84. The Labute approximate surface area is 241 Å². The van der Waals surface area contributed by atoms with Gasteiger partial charge in [0.25, 0.3) is 5.91 Å². The largest absolute Gasteiger partial charge is 0.440 e. The number of likely N-dealkylation sites (N-methyl/N-ethyl adjacent to an activating group) is 1. The number of benzene rings is 3. The molecule has 206 valence electrons. The fourth-order valence-corrected chi connectivity index (χ4v) is 5.96. The van der Waals surface area contributed by atoms with Gasteiger partial charge in [0.1, 0.15) is 5.69 Å². The standard InChI is InChI=1S/C36H35N3O2/c1-39(23-21-31-19-8-9-22-37-31)36(40)30-18-10-12-26(25-30)24-29-17-11-20-32(29)35-38-33(27-13-4-2-5-14-27)34(41-35)28-15-6-3-7-16-28/h2-10,12-16,18-19,22,25,29,32H,11,17,20-21,23-24H2,1H3/t29-,32+/m0/s1. The first-order chi connectivity index (χ1) is 20.2. The van der Waals surface area contributed by atoms with E-state index in [0.29, 0.717) is 12.5 Å². The van der Waals surface area contributed by atoms with Gasteiger partial charge < -0.3 is 9.32 Å². The Balaban J connectivity index is 1.20. The predicted molar refractivity (Wildman–Crippen MR) is 163 cm³/mol. The van der Waals surface area contributed by atoms with Gasteiger partial charge in [-0.2, -0.15) is 0 Å². The zero-order chi connectivity index (χ0) is 28.0. The molecule has 2 heterocycles. The maximum absolute atomic E-state index is 13.2. The molecule has 0 spiro atoms. The van der Waals surface area contributed by atoms with Crippen molar-refractivity contribution in [3.05, 3.63) is 132 Å². The number of aromatic nitrogens is 2. The lowest BCUT2D eigenvalue weighted by molar-refractivity contribution is 0.0796. The van der Waals surface area contributed by atoms with Gasteiger partial charge in [0.05, 0.1) is 0 Å². The second-order valence-corrected chi connectivity index (χ2v) is 11.0. The van der Waals surface area contributed by atoms with Gasteiger partial charge in [-0.15, -0.1) is 0 Å². The Morgan fingerprint density at radius 2 is 1.63 bits per heavy atom. The van der Waals surface area contributed by atoms with Gasteiger partial charge in [-0.1, -0.05) is 85.3 Å². The Kier molecular flexibility index (Phi) is 8.04. The molecule has 0 unspecified atom stereocenters. The maximum Gasteiger partial charge on any atom is 0.253 e. The monoisotopic (exact) mass is 541 g/mol. The van der Waals surface area contributed by atoms with Gasteiger partial charge in [0, 0.05) is 54.5 Å². The Morgan fingerprint density at radius 3 is 2.39 bits per heavy atom. The summed E-state index contributed by atoms with van der Waals surface area (Å²) in [5.41, 5.74) is 5.91. The van der Waals surface area contributed by atoms with Gasteiger partial charge in [0.15, 0.2) is 11.7 Å². The molecule has 5 heteroatoms. The van der Waals surface area contributed by atoms with Gasteiger partial charge in [-0.05, 0) is 55.0 Å². The van der Waals surface area contributed by atoms with Crippen LogP contribution in [0.2, 0.25) is 0 Å². The van der Waals surface area contributed by atoms with Crippen molar-refractivity contribution < 1.29 is 9.21 Å². The van der Waals surface area contributed by atoms with Crippen LogP contribution in [0.4, 0.5) is 0 Å². The molecule has 5 nitrogen and oxygen atoms in total. The highest BCUT2D eigenvalue weighted by atomic mass is 16.4. The molecule has 2 atom stereocenters. The lowest BCUT2D eigenvalue weighted by atomic mass is 9.89. The molecule has 0 N–H and O–H groups in total. The molecule has 0 saturated heterocycles. The average Bonchev–Trinajstić information content (AvgIpc) is 3.68. The number of carbonyl (C=O) groups is 1. The van der Waals surface area contributed by atoms with Crippen molar-refractivity contribution in [1.82, 2.24) is 14.9 Å². The van der Waals surface area contributed by atoms with Crippen LogP contribution in [0.3, 0.4) is 0 Å². The minimum absolute atomic E-state index is 0.0402. The second-order valence-electron chi connectivity index (χ2n) is 11.0. The minimum Gasteiger partial charge on any atom is -0.440 e. The van der Waals surface area contributed by atoms with E-state index in [1.54, 1.807) is 11.1 Å². The lowest BCUT2D eigenvalue weighted by Crippen LogP contribution is -2.29.